The van der Waals surface area contributed by atoms with Gasteiger partial charge in [-0.15, -0.1) is 0 Å². The molecule has 2 aromatic carbocycles. The number of ether oxygens (including phenoxy) is 1. The number of imidazole rings is 1. The van der Waals surface area contributed by atoms with Crippen LogP contribution in [0, 0.1) is 0 Å². The van der Waals surface area contributed by atoms with E-state index in [1.54, 1.807) is 17.7 Å². The van der Waals surface area contributed by atoms with Gasteiger partial charge in [0.1, 0.15) is 17.2 Å². The Bertz CT molecular complexity index is 857. The molecule has 1 aromatic heterocycles. The van der Waals surface area contributed by atoms with Gasteiger partial charge in [0.25, 0.3) is 0 Å². The van der Waals surface area contributed by atoms with Crippen LogP contribution in [-0.4, -0.2) is 21.7 Å². The first kappa shape index (κ1) is 15.5. The van der Waals surface area contributed by atoms with Crippen LogP contribution in [0.1, 0.15) is 16.1 Å². The van der Waals surface area contributed by atoms with Crippen LogP contribution in [0.5, 0.6) is 11.5 Å². The molecular formula is C18H15N3O3. The molecule has 6 nitrogen and oxygen atoms in total. The number of nitrogens with zero attached hydrogens (tertiary/aromatic N) is 3. The standard InChI is InChI=1S/C18H15N3O3/c1-21-13-19-12-17(21)18(22)24-20-11-14-6-5-9-16(10-14)23-15-7-3-2-4-8-15/h2-13H,1H3. The predicted molar refractivity (Wildman–Crippen MR) is 89.2 cm³/mol. The van der Waals surface area contributed by atoms with E-state index in [9.17, 15) is 4.79 Å². The number of hydrogen-bond donors (Lipinski definition) is 0. The molecule has 3 aromatic rings. The Kier molecular flexibility index (Phi) is 4.67. The van der Waals surface area contributed by atoms with Gasteiger partial charge in [-0.1, -0.05) is 35.5 Å². The van der Waals surface area contributed by atoms with Gasteiger partial charge in [-0.05, 0) is 29.8 Å². The Morgan fingerprint density at radius 1 is 1.12 bits per heavy atom. The highest BCUT2D eigenvalue weighted by Crippen LogP contribution is 2.21. The minimum Gasteiger partial charge on any atom is -0.457 e. The fourth-order valence-corrected chi connectivity index (χ4v) is 2.02. The van der Waals surface area contributed by atoms with Crippen LogP contribution in [0.15, 0.2) is 72.3 Å². The molecule has 0 N–H and O–H groups in total. The Balaban J connectivity index is 1.64. The summed E-state index contributed by atoms with van der Waals surface area (Å²) in [5.74, 6) is 0.847. The molecule has 0 saturated carbocycles. The minimum absolute atomic E-state index is 0.327. The monoisotopic (exact) mass is 321 g/mol. The summed E-state index contributed by atoms with van der Waals surface area (Å²) in [6, 6.07) is 16.8. The summed E-state index contributed by atoms with van der Waals surface area (Å²) in [6.45, 7) is 0. The van der Waals surface area contributed by atoms with Crippen LogP contribution in [0.3, 0.4) is 0 Å². The Labute approximate surface area is 139 Å². The van der Waals surface area contributed by atoms with Crippen molar-refractivity contribution in [1.29, 1.82) is 0 Å². The van der Waals surface area contributed by atoms with Crippen molar-refractivity contribution in [2.24, 2.45) is 12.2 Å². The maximum absolute atomic E-state index is 11.8. The average molecular weight is 321 g/mol. The second-order valence-electron chi connectivity index (χ2n) is 4.99. The lowest BCUT2D eigenvalue weighted by Crippen LogP contribution is -2.06. The molecule has 24 heavy (non-hydrogen) atoms. The fraction of sp³-hybridized carbons (Fsp3) is 0.0556. The molecule has 1 heterocycles. The molecule has 6 heteroatoms. The molecule has 0 fully saturated rings. The molecule has 0 spiro atoms. The molecule has 0 atom stereocenters. The molecule has 0 radical (unpaired) electrons. The van der Waals surface area contributed by atoms with E-state index < -0.39 is 5.97 Å². The zero-order valence-corrected chi connectivity index (χ0v) is 13.0. The summed E-state index contributed by atoms with van der Waals surface area (Å²) in [5.41, 5.74) is 1.08. The van der Waals surface area contributed by atoms with E-state index in [0.717, 1.165) is 11.3 Å². The topological polar surface area (TPSA) is 65.7 Å². The van der Waals surface area contributed by atoms with Crippen LogP contribution >= 0.6 is 0 Å². The lowest BCUT2D eigenvalue weighted by Gasteiger charge is -2.05. The van der Waals surface area contributed by atoms with E-state index in [1.165, 1.54) is 18.7 Å². The second-order valence-corrected chi connectivity index (χ2v) is 4.99. The van der Waals surface area contributed by atoms with Gasteiger partial charge >= 0.3 is 5.97 Å². The number of rotatable bonds is 5. The molecule has 0 amide bonds. The van der Waals surface area contributed by atoms with Gasteiger partial charge in [-0.25, -0.2) is 9.78 Å². The third kappa shape index (κ3) is 3.86. The first-order valence-electron chi connectivity index (χ1n) is 7.26. The van der Waals surface area contributed by atoms with Crippen LogP contribution < -0.4 is 4.74 Å². The van der Waals surface area contributed by atoms with Crippen molar-refractivity contribution in [3.05, 3.63) is 78.4 Å². The number of benzene rings is 2. The van der Waals surface area contributed by atoms with Crippen molar-refractivity contribution in [3.8, 4) is 11.5 Å². The van der Waals surface area contributed by atoms with E-state index >= 15 is 0 Å². The van der Waals surface area contributed by atoms with E-state index in [0.29, 0.717) is 11.4 Å². The van der Waals surface area contributed by atoms with Crippen LogP contribution in [0.2, 0.25) is 0 Å². The van der Waals surface area contributed by atoms with E-state index in [4.69, 9.17) is 9.57 Å². The molecule has 0 aliphatic rings. The van der Waals surface area contributed by atoms with Crippen molar-refractivity contribution in [2.75, 3.05) is 0 Å². The number of carbonyl (C=O) groups is 1. The van der Waals surface area contributed by atoms with Gasteiger partial charge in [-0.3, -0.25) is 0 Å². The summed E-state index contributed by atoms with van der Waals surface area (Å²) in [5, 5.41) is 3.72. The average Bonchev–Trinajstić information content (AvgIpc) is 3.02. The summed E-state index contributed by atoms with van der Waals surface area (Å²) in [6.07, 6.45) is 4.39. The lowest BCUT2D eigenvalue weighted by molar-refractivity contribution is 0.0508. The van der Waals surface area contributed by atoms with Crippen LogP contribution in [0.4, 0.5) is 0 Å². The quantitative estimate of drug-likeness (QED) is 0.410. The van der Waals surface area contributed by atoms with E-state index in [-0.39, 0.29) is 0 Å². The van der Waals surface area contributed by atoms with Gasteiger partial charge < -0.3 is 14.1 Å². The normalized spacial score (nSPS) is 10.7. The van der Waals surface area contributed by atoms with E-state index in [2.05, 4.69) is 10.1 Å². The summed E-state index contributed by atoms with van der Waals surface area (Å²) < 4.78 is 7.30. The summed E-state index contributed by atoms with van der Waals surface area (Å²) in [7, 11) is 1.71. The van der Waals surface area contributed by atoms with Crippen LogP contribution in [-0.2, 0) is 11.9 Å². The van der Waals surface area contributed by atoms with Gasteiger partial charge in [0, 0.05) is 7.05 Å². The number of aryl methyl sites for hydroxylation is 1. The maximum atomic E-state index is 11.8. The SMILES string of the molecule is Cn1cncc1C(=O)ON=Cc1cccc(Oc2ccccc2)c1. The highest BCUT2D eigenvalue weighted by Gasteiger charge is 2.10. The Morgan fingerprint density at radius 2 is 1.92 bits per heavy atom. The van der Waals surface area contributed by atoms with Crippen molar-refractivity contribution in [2.45, 2.75) is 0 Å². The number of carbonyl (C=O) groups excluding carboxylic acids is 1. The van der Waals surface area contributed by atoms with Crippen molar-refractivity contribution >= 4 is 12.2 Å². The lowest BCUT2D eigenvalue weighted by atomic mass is 10.2. The minimum atomic E-state index is -0.567. The largest absolute Gasteiger partial charge is 0.457 e. The highest BCUT2D eigenvalue weighted by atomic mass is 16.7. The second kappa shape index (κ2) is 7.23. The molecule has 0 aliphatic carbocycles. The highest BCUT2D eigenvalue weighted by molar-refractivity contribution is 5.88. The summed E-state index contributed by atoms with van der Waals surface area (Å²) >= 11 is 0. The molecular weight excluding hydrogens is 306 g/mol. The third-order valence-corrected chi connectivity index (χ3v) is 3.20. The molecule has 0 unspecified atom stereocenters. The zero-order valence-electron chi connectivity index (χ0n) is 13.0. The predicted octanol–water partition coefficient (Wildman–Crippen LogP) is 3.40. The van der Waals surface area contributed by atoms with Crippen molar-refractivity contribution in [1.82, 2.24) is 9.55 Å². The zero-order chi connectivity index (χ0) is 16.8. The molecule has 120 valence electrons. The molecule has 0 bridgehead atoms. The Hall–Kier alpha value is -3.41. The van der Waals surface area contributed by atoms with Gasteiger partial charge in [0.15, 0.2) is 0 Å². The van der Waals surface area contributed by atoms with Gasteiger partial charge in [0.05, 0.1) is 18.7 Å². The first-order valence-corrected chi connectivity index (χ1v) is 7.26. The van der Waals surface area contributed by atoms with Gasteiger partial charge in [0.2, 0.25) is 0 Å². The maximum Gasteiger partial charge on any atom is 0.383 e. The van der Waals surface area contributed by atoms with Crippen molar-refractivity contribution < 1.29 is 14.4 Å². The molecule has 0 saturated heterocycles. The third-order valence-electron chi connectivity index (χ3n) is 3.20. The number of hydrogen-bond acceptors (Lipinski definition) is 5. The number of oxime groups is 1. The number of para-hydroxylation sites is 1. The smallest absolute Gasteiger partial charge is 0.383 e. The van der Waals surface area contributed by atoms with E-state index in [1.807, 2.05) is 48.5 Å². The van der Waals surface area contributed by atoms with Gasteiger partial charge in [-0.2, -0.15) is 0 Å². The first-order chi connectivity index (χ1) is 11.7. The van der Waals surface area contributed by atoms with Crippen LogP contribution in [0.25, 0.3) is 0 Å². The Morgan fingerprint density at radius 3 is 2.67 bits per heavy atom. The van der Waals surface area contributed by atoms with Crippen molar-refractivity contribution in [3.63, 3.8) is 0 Å². The fourth-order valence-electron chi connectivity index (χ4n) is 2.02. The molecule has 3 rings (SSSR count). The molecule has 0 aliphatic heterocycles. The number of aromatic nitrogens is 2. The summed E-state index contributed by atoms with van der Waals surface area (Å²) in [4.78, 5) is 20.5.